The molecule has 0 saturated heterocycles. The summed E-state index contributed by atoms with van der Waals surface area (Å²) in [6.07, 6.45) is 1.70. The zero-order chi connectivity index (χ0) is 11.7. The molecule has 0 atom stereocenters. The van der Waals surface area contributed by atoms with Crippen molar-refractivity contribution in [1.29, 1.82) is 0 Å². The van der Waals surface area contributed by atoms with E-state index in [-0.39, 0.29) is 0 Å². The predicted octanol–water partition coefficient (Wildman–Crippen LogP) is 2.53. The number of hydrogen-bond acceptors (Lipinski definition) is 3. The number of pyridine rings is 1. The first-order chi connectivity index (χ1) is 7.61. The summed E-state index contributed by atoms with van der Waals surface area (Å²) in [6, 6.07) is 3.81. The highest BCUT2D eigenvalue weighted by Gasteiger charge is 2.16. The molecular formula is C12H12N2OS. The van der Waals surface area contributed by atoms with Crippen LogP contribution in [0, 0.1) is 13.8 Å². The van der Waals surface area contributed by atoms with Crippen molar-refractivity contribution >= 4 is 17.2 Å². The average molecular weight is 232 g/mol. The Bertz CT molecular complexity index is 546. The third kappa shape index (κ3) is 1.72. The van der Waals surface area contributed by atoms with Gasteiger partial charge < -0.3 is 5.73 Å². The summed E-state index contributed by atoms with van der Waals surface area (Å²) in [5.41, 5.74) is 8.60. The van der Waals surface area contributed by atoms with Crippen LogP contribution in [-0.2, 0) is 0 Å². The van der Waals surface area contributed by atoms with Crippen LogP contribution >= 0.6 is 11.3 Å². The van der Waals surface area contributed by atoms with Crippen molar-refractivity contribution in [1.82, 2.24) is 4.98 Å². The molecule has 0 saturated carbocycles. The van der Waals surface area contributed by atoms with Gasteiger partial charge in [-0.1, -0.05) is 0 Å². The Labute approximate surface area is 97.9 Å². The van der Waals surface area contributed by atoms with E-state index in [1.807, 2.05) is 25.3 Å². The lowest BCUT2D eigenvalue weighted by molar-refractivity contribution is 0.1000. The molecule has 0 aliphatic rings. The van der Waals surface area contributed by atoms with E-state index in [1.165, 1.54) is 0 Å². The van der Waals surface area contributed by atoms with Crippen molar-refractivity contribution in [2.24, 2.45) is 5.73 Å². The van der Waals surface area contributed by atoms with Gasteiger partial charge >= 0.3 is 0 Å². The van der Waals surface area contributed by atoms with Gasteiger partial charge in [0.15, 0.2) is 0 Å². The van der Waals surface area contributed by atoms with Crippen LogP contribution in [0.2, 0.25) is 0 Å². The summed E-state index contributed by atoms with van der Waals surface area (Å²) < 4.78 is 0. The first kappa shape index (κ1) is 10.8. The molecule has 0 bridgehead atoms. The molecule has 0 unspecified atom stereocenters. The number of thiophene rings is 1. The van der Waals surface area contributed by atoms with E-state index >= 15 is 0 Å². The molecule has 16 heavy (non-hydrogen) atoms. The van der Waals surface area contributed by atoms with Crippen LogP contribution in [0.4, 0.5) is 0 Å². The Morgan fingerprint density at radius 2 is 2.06 bits per heavy atom. The topological polar surface area (TPSA) is 56.0 Å². The van der Waals surface area contributed by atoms with E-state index in [0.29, 0.717) is 11.3 Å². The molecule has 2 aromatic rings. The number of carbonyl (C=O) groups excluding carboxylic acids is 1. The summed E-state index contributed by atoms with van der Waals surface area (Å²) in [4.78, 5) is 16.7. The Morgan fingerprint density at radius 3 is 2.62 bits per heavy atom. The van der Waals surface area contributed by atoms with E-state index in [0.717, 1.165) is 16.0 Å². The van der Waals surface area contributed by atoms with Gasteiger partial charge in [0, 0.05) is 6.20 Å². The fourth-order valence-corrected chi connectivity index (χ4v) is 2.59. The van der Waals surface area contributed by atoms with Gasteiger partial charge in [-0.25, -0.2) is 0 Å². The number of aromatic nitrogens is 1. The van der Waals surface area contributed by atoms with E-state index in [1.54, 1.807) is 23.6 Å². The lowest BCUT2D eigenvalue weighted by Crippen LogP contribution is -2.15. The van der Waals surface area contributed by atoms with Gasteiger partial charge in [0.05, 0.1) is 16.1 Å². The van der Waals surface area contributed by atoms with Gasteiger partial charge in [-0.05, 0) is 42.5 Å². The van der Waals surface area contributed by atoms with Crippen molar-refractivity contribution in [2.45, 2.75) is 13.8 Å². The Balaban J connectivity index is 2.70. The summed E-state index contributed by atoms with van der Waals surface area (Å²) in [6.45, 7) is 3.87. The van der Waals surface area contributed by atoms with Crippen LogP contribution in [0.25, 0.3) is 10.6 Å². The first-order valence-corrected chi connectivity index (χ1v) is 5.79. The van der Waals surface area contributed by atoms with Crippen LogP contribution in [-0.4, -0.2) is 10.9 Å². The monoisotopic (exact) mass is 232 g/mol. The van der Waals surface area contributed by atoms with Crippen LogP contribution in [0.3, 0.4) is 0 Å². The lowest BCUT2D eigenvalue weighted by Gasteiger charge is -2.07. The molecule has 0 aliphatic heterocycles. The fraction of sp³-hybridized carbons (Fsp3) is 0.167. The molecule has 3 nitrogen and oxygen atoms in total. The molecule has 2 rings (SSSR count). The quantitative estimate of drug-likeness (QED) is 0.865. The largest absolute Gasteiger partial charge is 0.366 e. The molecule has 2 N–H and O–H groups in total. The Morgan fingerprint density at radius 1 is 1.31 bits per heavy atom. The summed E-state index contributed by atoms with van der Waals surface area (Å²) in [7, 11) is 0. The molecule has 0 aromatic carbocycles. The van der Waals surface area contributed by atoms with Gasteiger partial charge in [0.2, 0.25) is 0 Å². The number of nitrogens with two attached hydrogens (primary N) is 1. The summed E-state index contributed by atoms with van der Waals surface area (Å²) in [5, 5.41) is 1.99. The average Bonchev–Trinajstić information content (AvgIpc) is 2.63. The van der Waals surface area contributed by atoms with Crippen LogP contribution in [0.1, 0.15) is 21.5 Å². The third-order valence-corrected chi connectivity index (χ3v) is 3.51. The number of primary amides is 1. The van der Waals surface area contributed by atoms with E-state index in [2.05, 4.69) is 4.98 Å². The van der Waals surface area contributed by atoms with Gasteiger partial charge in [0.1, 0.15) is 0 Å². The smallest absolute Gasteiger partial charge is 0.251 e. The number of carbonyl (C=O) groups is 1. The van der Waals surface area contributed by atoms with Gasteiger partial charge in [0.25, 0.3) is 5.91 Å². The second kappa shape index (κ2) is 4.06. The maximum atomic E-state index is 11.4. The zero-order valence-electron chi connectivity index (χ0n) is 9.15. The molecule has 2 aromatic heterocycles. The highest BCUT2D eigenvalue weighted by molar-refractivity contribution is 7.13. The van der Waals surface area contributed by atoms with Crippen molar-refractivity contribution in [3.8, 4) is 10.6 Å². The van der Waals surface area contributed by atoms with E-state index in [9.17, 15) is 4.79 Å². The molecule has 0 aliphatic carbocycles. The van der Waals surface area contributed by atoms with Gasteiger partial charge in [-0.2, -0.15) is 0 Å². The molecule has 1 amide bonds. The van der Waals surface area contributed by atoms with Crippen LogP contribution < -0.4 is 5.73 Å². The highest BCUT2D eigenvalue weighted by atomic mass is 32.1. The SMILES string of the molecule is Cc1ccsc1-c1nccc(C)c1C(N)=O. The Kier molecular flexibility index (Phi) is 2.75. The van der Waals surface area contributed by atoms with Gasteiger partial charge in [-0.3, -0.25) is 9.78 Å². The molecule has 0 spiro atoms. The van der Waals surface area contributed by atoms with Crippen molar-refractivity contribution in [3.05, 3.63) is 40.4 Å². The Hall–Kier alpha value is -1.68. The zero-order valence-corrected chi connectivity index (χ0v) is 9.97. The summed E-state index contributed by atoms with van der Waals surface area (Å²) in [5.74, 6) is -0.423. The van der Waals surface area contributed by atoms with Crippen molar-refractivity contribution in [3.63, 3.8) is 0 Å². The standard InChI is InChI=1S/C12H12N2OS/c1-7-3-5-14-10(9(7)12(13)15)11-8(2)4-6-16-11/h3-6H,1-2H3,(H2,13,15). The molecule has 82 valence electrons. The second-order valence-corrected chi connectivity index (χ2v) is 4.56. The number of nitrogens with zero attached hydrogens (tertiary/aromatic N) is 1. The maximum Gasteiger partial charge on any atom is 0.251 e. The van der Waals surface area contributed by atoms with Crippen LogP contribution in [0.5, 0.6) is 0 Å². The molecule has 0 radical (unpaired) electrons. The number of hydrogen-bond donors (Lipinski definition) is 1. The first-order valence-electron chi connectivity index (χ1n) is 4.91. The lowest BCUT2D eigenvalue weighted by atomic mass is 10.0. The van der Waals surface area contributed by atoms with Crippen molar-refractivity contribution in [2.75, 3.05) is 0 Å². The normalized spacial score (nSPS) is 10.4. The molecule has 2 heterocycles. The minimum absolute atomic E-state index is 0.423. The minimum Gasteiger partial charge on any atom is -0.366 e. The number of aryl methyl sites for hydroxylation is 2. The van der Waals surface area contributed by atoms with Crippen LogP contribution in [0.15, 0.2) is 23.7 Å². The summed E-state index contributed by atoms with van der Waals surface area (Å²) >= 11 is 1.57. The van der Waals surface area contributed by atoms with E-state index < -0.39 is 5.91 Å². The number of rotatable bonds is 2. The molecular weight excluding hydrogens is 220 g/mol. The van der Waals surface area contributed by atoms with E-state index in [4.69, 9.17) is 5.73 Å². The predicted molar refractivity (Wildman–Crippen MR) is 65.5 cm³/mol. The highest BCUT2D eigenvalue weighted by Crippen LogP contribution is 2.30. The maximum absolute atomic E-state index is 11.4. The fourth-order valence-electron chi connectivity index (χ4n) is 1.66. The van der Waals surface area contributed by atoms with Crippen molar-refractivity contribution < 1.29 is 4.79 Å². The number of amides is 1. The van der Waals surface area contributed by atoms with Gasteiger partial charge in [-0.15, -0.1) is 11.3 Å². The second-order valence-electron chi connectivity index (χ2n) is 3.65. The molecule has 0 fully saturated rings. The third-order valence-electron chi connectivity index (χ3n) is 2.48. The molecule has 4 heteroatoms. The minimum atomic E-state index is -0.423.